The highest BCUT2D eigenvalue weighted by atomic mass is 16.6. The number of carbonyl (C=O) groups excluding carboxylic acids is 2. The Balaban J connectivity index is 2.04. The number of rotatable bonds is 8. The van der Waals surface area contributed by atoms with Gasteiger partial charge < -0.3 is 14.8 Å². The van der Waals surface area contributed by atoms with E-state index in [2.05, 4.69) is 5.32 Å². The average molecular weight is 372 g/mol. The molecule has 0 saturated heterocycles. The van der Waals surface area contributed by atoms with Crippen molar-refractivity contribution in [3.8, 4) is 5.75 Å². The molecule has 1 atom stereocenters. The molecule has 8 nitrogen and oxygen atoms in total. The van der Waals surface area contributed by atoms with Crippen molar-refractivity contribution >= 4 is 17.7 Å². The molecule has 0 fully saturated rings. The van der Waals surface area contributed by atoms with Crippen LogP contribution < -0.4 is 10.1 Å². The van der Waals surface area contributed by atoms with Gasteiger partial charge in [0.25, 0.3) is 5.69 Å². The van der Waals surface area contributed by atoms with Crippen molar-refractivity contribution < 1.29 is 24.0 Å². The molecule has 1 amide bonds. The number of nitro benzene ring substituents is 1. The number of nitrogens with zero attached hydrogens (tertiary/aromatic N) is 1. The van der Waals surface area contributed by atoms with Crippen molar-refractivity contribution in [1.82, 2.24) is 5.32 Å². The number of non-ortho nitro benzene ring substituents is 1. The molecule has 0 aliphatic heterocycles. The molecule has 0 spiro atoms. The van der Waals surface area contributed by atoms with E-state index in [1.54, 1.807) is 49.4 Å². The van der Waals surface area contributed by atoms with Crippen LogP contribution in [-0.2, 0) is 16.0 Å². The average Bonchev–Trinajstić information content (AvgIpc) is 2.63. The Morgan fingerprint density at radius 2 is 1.78 bits per heavy atom. The van der Waals surface area contributed by atoms with Crippen LogP contribution in [0.2, 0.25) is 0 Å². The molecule has 0 aromatic heterocycles. The van der Waals surface area contributed by atoms with E-state index in [0.29, 0.717) is 12.2 Å². The lowest BCUT2D eigenvalue weighted by atomic mass is 10.0. The Morgan fingerprint density at radius 1 is 1.11 bits per heavy atom. The SMILES string of the molecule is CCOC(=O)CC(Cc1ccc([N+](=O)[O-])cc1)NC(=O)Oc1ccccc1. The standard InChI is InChI=1S/C19H20N2O6/c1-2-26-18(22)13-15(12-14-8-10-16(11-9-14)21(24)25)20-19(23)27-17-6-4-3-5-7-17/h3-11,15H,2,12-13H2,1H3,(H,20,23). The third kappa shape index (κ3) is 6.77. The molecular weight excluding hydrogens is 352 g/mol. The highest BCUT2D eigenvalue weighted by Gasteiger charge is 2.19. The van der Waals surface area contributed by atoms with E-state index in [0.717, 1.165) is 5.56 Å². The normalized spacial score (nSPS) is 11.3. The first-order valence-corrected chi connectivity index (χ1v) is 8.40. The molecule has 0 radical (unpaired) electrons. The van der Waals surface area contributed by atoms with Crippen molar-refractivity contribution in [1.29, 1.82) is 0 Å². The maximum Gasteiger partial charge on any atom is 0.412 e. The van der Waals surface area contributed by atoms with E-state index >= 15 is 0 Å². The maximum atomic E-state index is 12.1. The second kappa shape index (κ2) is 9.91. The molecule has 1 N–H and O–H groups in total. The fourth-order valence-corrected chi connectivity index (χ4v) is 2.43. The molecule has 0 aliphatic carbocycles. The molecule has 2 aromatic carbocycles. The Kier molecular flexibility index (Phi) is 7.30. The van der Waals surface area contributed by atoms with Gasteiger partial charge in [-0.05, 0) is 31.0 Å². The number of benzene rings is 2. The van der Waals surface area contributed by atoms with E-state index in [1.165, 1.54) is 12.1 Å². The van der Waals surface area contributed by atoms with Crippen LogP contribution in [0.3, 0.4) is 0 Å². The number of amides is 1. The van der Waals surface area contributed by atoms with Gasteiger partial charge in [0.2, 0.25) is 0 Å². The first kappa shape index (κ1) is 19.9. The summed E-state index contributed by atoms with van der Waals surface area (Å²) in [6.45, 7) is 1.93. The van der Waals surface area contributed by atoms with Crippen LogP contribution in [0.5, 0.6) is 5.75 Å². The van der Waals surface area contributed by atoms with Gasteiger partial charge in [-0.15, -0.1) is 0 Å². The van der Waals surface area contributed by atoms with Crippen molar-refractivity contribution in [2.75, 3.05) is 6.61 Å². The predicted molar refractivity (Wildman–Crippen MR) is 97.4 cm³/mol. The number of nitrogens with one attached hydrogen (secondary N) is 1. The quantitative estimate of drug-likeness (QED) is 0.433. The zero-order valence-electron chi connectivity index (χ0n) is 14.8. The molecule has 0 heterocycles. The van der Waals surface area contributed by atoms with Crippen molar-refractivity contribution in [2.45, 2.75) is 25.8 Å². The fourth-order valence-electron chi connectivity index (χ4n) is 2.43. The highest BCUT2D eigenvalue weighted by Crippen LogP contribution is 2.15. The van der Waals surface area contributed by atoms with Crippen LogP contribution in [0.15, 0.2) is 54.6 Å². The number of nitro groups is 1. The molecule has 1 unspecified atom stereocenters. The molecule has 142 valence electrons. The third-order valence-electron chi connectivity index (χ3n) is 3.62. The minimum atomic E-state index is -0.697. The van der Waals surface area contributed by atoms with Crippen molar-refractivity contribution in [3.63, 3.8) is 0 Å². The van der Waals surface area contributed by atoms with Gasteiger partial charge in [-0.1, -0.05) is 30.3 Å². The lowest BCUT2D eigenvalue weighted by Gasteiger charge is -2.18. The first-order chi connectivity index (χ1) is 13.0. The largest absolute Gasteiger partial charge is 0.466 e. The van der Waals surface area contributed by atoms with Crippen LogP contribution in [0.25, 0.3) is 0 Å². The molecule has 0 bridgehead atoms. The Bertz CT molecular complexity index is 777. The van der Waals surface area contributed by atoms with Crippen LogP contribution >= 0.6 is 0 Å². The van der Waals surface area contributed by atoms with Gasteiger partial charge in [0.15, 0.2) is 0 Å². The van der Waals surface area contributed by atoms with E-state index in [-0.39, 0.29) is 18.7 Å². The lowest BCUT2D eigenvalue weighted by molar-refractivity contribution is -0.384. The van der Waals surface area contributed by atoms with Gasteiger partial charge in [-0.3, -0.25) is 14.9 Å². The Morgan fingerprint density at radius 3 is 2.37 bits per heavy atom. The second-order valence-electron chi connectivity index (χ2n) is 5.68. The monoisotopic (exact) mass is 372 g/mol. The van der Waals surface area contributed by atoms with Gasteiger partial charge in [-0.25, -0.2) is 4.79 Å². The Hall–Kier alpha value is -3.42. The topological polar surface area (TPSA) is 108 Å². The number of hydrogen-bond acceptors (Lipinski definition) is 6. The van der Waals surface area contributed by atoms with Gasteiger partial charge in [-0.2, -0.15) is 0 Å². The summed E-state index contributed by atoms with van der Waals surface area (Å²) in [6.07, 6.45) is -0.451. The van der Waals surface area contributed by atoms with Crippen LogP contribution in [0, 0.1) is 10.1 Å². The van der Waals surface area contributed by atoms with Gasteiger partial charge >= 0.3 is 12.1 Å². The minimum Gasteiger partial charge on any atom is -0.466 e. The fraction of sp³-hybridized carbons (Fsp3) is 0.263. The number of esters is 1. The van der Waals surface area contributed by atoms with Crippen molar-refractivity contribution in [3.05, 3.63) is 70.3 Å². The summed E-state index contributed by atoms with van der Waals surface area (Å²) in [5, 5.41) is 13.4. The highest BCUT2D eigenvalue weighted by molar-refractivity contribution is 5.74. The zero-order chi connectivity index (χ0) is 19.6. The second-order valence-corrected chi connectivity index (χ2v) is 5.68. The first-order valence-electron chi connectivity index (χ1n) is 8.40. The van der Waals surface area contributed by atoms with Gasteiger partial charge in [0.05, 0.1) is 18.0 Å². The lowest BCUT2D eigenvalue weighted by Crippen LogP contribution is -2.40. The summed E-state index contributed by atoms with van der Waals surface area (Å²) in [7, 11) is 0. The Labute approximate surface area is 156 Å². The van der Waals surface area contributed by atoms with E-state index < -0.39 is 23.0 Å². The summed E-state index contributed by atoms with van der Waals surface area (Å²) in [5.41, 5.74) is 0.701. The van der Waals surface area contributed by atoms with Gasteiger partial charge in [0, 0.05) is 18.2 Å². The maximum absolute atomic E-state index is 12.1. The number of ether oxygens (including phenoxy) is 2. The molecule has 2 aromatic rings. The minimum absolute atomic E-state index is 0.0304. The molecular formula is C19H20N2O6. The summed E-state index contributed by atoms with van der Waals surface area (Å²) in [5.74, 6) is -0.0790. The van der Waals surface area contributed by atoms with E-state index in [1.807, 2.05) is 0 Å². The molecule has 0 saturated carbocycles. The molecule has 8 heteroatoms. The number of hydrogen-bond donors (Lipinski definition) is 1. The summed E-state index contributed by atoms with van der Waals surface area (Å²) in [4.78, 5) is 34.2. The van der Waals surface area contributed by atoms with Crippen molar-refractivity contribution in [2.24, 2.45) is 0 Å². The van der Waals surface area contributed by atoms with Crippen LogP contribution in [-0.4, -0.2) is 29.6 Å². The number of carbonyl (C=O) groups is 2. The third-order valence-corrected chi connectivity index (χ3v) is 3.62. The zero-order valence-corrected chi connectivity index (χ0v) is 14.8. The molecule has 0 aliphatic rings. The van der Waals surface area contributed by atoms with Crippen LogP contribution in [0.4, 0.5) is 10.5 Å². The van der Waals surface area contributed by atoms with E-state index in [9.17, 15) is 19.7 Å². The van der Waals surface area contributed by atoms with Gasteiger partial charge in [0.1, 0.15) is 5.75 Å². The summed E-state index contributed by atoms with van der Waals surface area (Å²) >= 11 is 0. The van der Waals surface area contributed by atoms with Crippen LogP contribution in [0.1, 0.15) is 18.9 Å². The summed E-state index contributed by atoms with van der Waals surface area (Å²) < 4.78 is 10.1. The molecule has 27 heavy (non-hydrogen) atoms. The molecule has 2 rings (SSSR count). The number of para-hydroxylation sites is 1. The summed E-state index contributed by atoms with van der Waals surface area (Å²) in [6, 6.07) is 13.9. The predicted octanol–water partition coefficient (Wildman–Crippen LogP) is 3.25. The smallest absolute Gasteiger partial charge is 0.412 e. The van der Waals surface area contributed by atoms with E-state index in [4.69, 9.17) is 9.47 Å².